The predicted molar refractivity (Wildman–Crippen MR) is 370 cm³/mol. The number of carbonyl (C=O) groups excluding carboxylic acids is 3. The molecule has 0 bridgehead atoms. The standard InChI is InChI=1S/C18H11N3O6.3C16H36N.3CNS.Ru/c22-16(23)9-1-3-19-12(5-9)14-7-11(18(26)27)8-15(21-14)13-6-10(17(24)25)2-4-20-13;3*1-5-9-13-17(14-10-6-2,15-11-7-3)16-12-8-4;3*2-1-3;/h1-8H,(H,22,23)(H,24,25)(H,26,27);3*5-16H2,1-4H3;;;;/q;3*+1;3*-1;+3/p-3. The van der Waals surface area contributed by atoms with Crippen LogP contribution in [-0.2, 0) is 19.5 Å². The van der Waals surface area contributed by atoms with Crippen LogP contribution in [-0.4, -0.2) is 140 Å². The van der Waals surface area contributed by atoms with Gasteiger partial charge in [0.25, 0.3) is 0 Å². The molecule has 0 unspecified atom stereocenters. The number of carbonyl (C=O) groups is 3. The second-order valence-corrected chi connectivity index (χ2v) is 23.1. The van der Waals surface area contributed by atoms with Crippen LogP contribution in [0, 0.1) is 0 Å². The van der Waals surface area contributed by atoms with Gasteiger partial charge in [0.05, 0.1) is 119 Å². The van der Waals surface area contributed by atoms with Gasteiger partial charge >= 0.3 is 19.5 Å². The number of carboxylic acid groups (broad SMARTS) is 3. The van der Waals surface area contributed by atoms with E-state index < -0.39 is 17.9 Å². The maximum Gasteiger partial charge on any atom is 3.00 e. The molecule has 3 aromatic rings. The topological polar surface area (TPSA) is 226 Å². The molecule has 15 nitrogen and oxygen atoms in total. The summed E-state index contributed by atoms with van der Waals surface area (Å²) in [4.78, 5) is 45.5. The minimum atomic E-state index is -1.51. The average Bonchev–Trinajstić information content (AvgIpc) is 3.47. The van der Waals surface area contributed by atoms with Crippen molar-refractivity contribution < 1.29 is 62.6 Å². The molecule has 0 amide bonds. The Kier molecular flexibility index (Phi) is 66.1. The van der Waals surface area contributed by atoms with Crippen LogP contribution in [0.15, 0.2) is 48.8 Å². The Labute approximate surface area is 564 Å². The molecule has 3 rings (SSSR count). The summed E-state index contributed by atoms with van der Waals surface area (Å²) < 4.78 is 4.26. The van der Waals surface area contributed by atoms with Crippen LogP contribution in [0.2, 0.25) is 0 Å². The molecule has 88 heavy (non-hydrogen) atoms. The molecule has 0 fully saturated rings. The number of rotatable bonds is 41. The summed E-state index contributed by atoms with van der Waals surface area (Å²) in [7, 11) is 0. The Morgan fingerprint density at radius 1 is 0.352 bits per heavy atom. The van der Waals surface area contributed by atoms with E-state index in [9.17, 15) is 29.7 Å². The van der Waals surface area contributed by atoms with E-state index in [1.807, 2.05) is 0 Å². The SMILES string of the molecule is CCCC[N+](CCCC)(CCCC)CCCC.CCCC[N+](CCCC)(CCCC)CCCC.CCCC[N+](CCCC)(CCCC)CCCC.O=C([O-])c1ccnc(-c2cc(C(=O)[O-])cc(-c3cc(C(=O)[O-])ccn3)n2)c1.[N-]=C=S.[N-]=C=S.[N-]=C=S.[Ru+3]. The fourth-order valence-corrected chi connectivity index (χ4v) is 10.2. The van der Waals surface area contributed by atoms with Crippen molar-refractivity contribution in [3.63, 3.8) is 0 Å². The van der Waals surface area contributed by atoms with Crippen molar-refractivity contribution >= 4 is 70.0 Å². The van der Waals surface area contributed by atoms with Crippen molar-refractivity contribution in [3.8, 4) is 22.8 Å². The van der Waals surface area contributed by atoms with Gasteiger partial charge in [0.1, 0.15) is 0 Å². The average molecular weight is 1370 g/mol. The van der Waals surface area contributed by atoms with Crippen LogP contribution >= 0.6 is 36.7 Å². The number of carboxylic acids is 3. The van der Waals surface area contributed by atoms with Crippen molar-refractivity contribution in [2.75, 3.05) is 78.5 Å². The molecule has 0 aliphatic heterocycles. The van der Waals surface area contributed by atoms with Crippen molar-refractivity contribution in [2.24, 2.45) is 0 Å². The molecule has 0 aromatic carbocycles. The summed E-state index contributed by atoms with van der Waals surface area (Å²) >= 11 is 11.1. The minimum absolute atomic E-state index is 0. The zero-order valence-corrected chi connectivity index (χ0v) is 60.8. The molecule has 0 spiro atoms. The van der Waals surface area contributed by atoms with E-state index in [-0.39, 0.29) is 58.9 Å². The number of pyridine rings is 3. The summed E-state index contributed by atoms with van der Waals surface area (Å²) in [5.74, 6) is -4.37. The third-order valence-electron chi connectivity index (χ3n) is 15.4. The van der Waals surface area contributed by atoms with E-state index in [1.54, 1.807) is 0 Å². The molecule has 0 atom stereocenters. The Balaban J connectivity index is -0.000000338. The number of thiocarbonyl (C=S) groups is 3. The maximum atomic E-state index is 11.3. The largest absolute Gasteiger partial charge is 3.00 e. The Morgan fingerprint density at radius 3 is 0.659 bits per heavy atom. The molecule has 1 radical (unpaired) electrons. The summed E-state index contributed by atoms with van der Waals surface area (Å²) in [5.41, 5.74) is -0.366. The summed E-state index contributed by atoms with van der Waals surface area (Å²) in [6.07, 6.45) is 35.6. The Morgan fingerprint density at radius 2 is 0.511 bits per heavy atom. The Bertz CT molecular complexity index is 2010. The maximum absolute atomic E-state index is 11.3. The molecule has 0 aliphatic carbocycles. The minimum Gasteiger partial charge on any atom is -0.753 e. The van der Waals surface area contributed by atoms with Crippen LogP contribution in [0.5, 0.6) is 0 Å². The first-order valence-electron chi connectivity index (χ1n) is 33.0. The van der Waals surface area contributed by atoms with Crippen LogP contribution < -0.4 is 15.3 Å². The predicted octanol–water partition coefficient (Wildman–Crippen LogP) is 15.3. The van der Waals surface area contributed by atoms with E-state index in [1.165, 1.54) is 298 Å². The first-order chi connectivity index (χ1) is 41.8. The molecular formula is C69H116N9O6RuS3. The number of aromatic carboxylic acids is 3. The van der Waals surface area contributed by atoms with Gasteiger partial charge < -0.3 is 59.4 Å². The van der Waals surface area contributed by atoms with Gasteiger partial charge in [-0.05, 0) is 113 Å². The van der Waals surface area contributed by atoms with Gasteiger partial charge in [-0.15, -0.1) is 0 Å². The normalized spacial score (nSPS) is 10.4. The fraction of sp³-hybridized carbons (Fsp3) is 0.696. The van der Waals surface area contributed by atoms with Crippen LogP contribution in [0.25, 0.3) is 39.0 Å². The van der Waals surface area contributed by atoms with Crippen LogP contribution in [0.4, 0.5) is 0 Å². The van der Waals surface area contributed by atoms with Gasteiger partial charge in [0.2, 0.25) is 0 Å². The molecule has 0 N–H and O–H groups in total. The zero-order chi connectivity index (χ0) is 66.6. The van der Waals surface area contributed by atoms with Crippen LogP contribution in [0.3, 0.4) is 0 Å². The number of nitrogens with zero attached hydrogens (tertiary/aromatic N) is 9. The number of quaternary nitrogens is 3. The van der Waals surface area contributed by atoms with Crippen molar-refractivity contribution in [1.82, 2.24) is 15.0 Å². The Hall–Kier alpha value is -4.24. The molecule has 0 aliphatic rings. The summed E-state index contributed by atoms with van der Waals surface area (Å²) in [6, 6.07) is 7.09. The van der Waals surface area contributed by atoms with E-state index in [0.717, 1.165) is 12.1 Å². The van der Waals surface area contributed by atoms with E-state index in [0.29, 0.717) is 0 Å². The first-order valence-corrected chi connectivity index (χ1v) is 34.2. The van der Waals surface area contributed by atoms with E-state index in [2.05, 4.69) is 135 Å². The summed E-state index contributed by atoms with van der Waals surface area (Å²) in [6.45, 7) is 45.1. The number of aromatic nitrogens is 3. The van der Waals surface area contributed by atoms with E-state index in [4.69, 9.17) is 16.2 Å². The molecule has 499 valence electrons. The fourth-order valence-electron chi connectivity index (χ4n) is 10.2. The summed E-state index contributed by atoms with van der Waals surface area (Å²) in [5, 5.41) is 58.8. The third kappa shape index (κ3) is 45.9. The number of hydrogen-bond acceptors (Lipinski definition) is 12. The molecule has 3 aromatic heterocycles. The van der Waals surface area contributed by atoms with Gasteiger partial charge in [0, 0.05) is 29.1 Å². The molecule has 0 saturated heterocycles. The third-order valence-corrected chi connectivity index (χ3v) is 15.4. The van der Waals surface area contributed by atoms with Gasteiger partial charge in [-0.25, -0.2) is 4.98 Å². The van der Waals surface area contributed by atoms with Crippen molar-refractivity contribution in [3.05, 3.63) is 81.7 Å². The van der Waals surface area contributed by atoms with Gasteiger partial charge in [0.15, 0.2) is 0 Å². The quantitative estimate of drug-likeness (QED) is 0.0224. The molecule has 3 heterocycles. The molecule has 0 saturated carbocycles. The van der Waals surface area contributed by atoms with E-state index >= 15 is 0 Å². The van der Waals surface area contributed by atoms with Gasteiger partial charge in [-0.2, -0.15) is 15.5 Å². The van der Waals surface area contributed by atoms with Crippen molar-refractivity contribution in [2.45, 2.75) is 237 Å². The zero-order valence-electron chi connectivity index (χ0n) is 56.6. The molecular weight excluding hydrogens is 1250 g/mol. The second-order valence-electron chi connectivity index (χ2n) is 22.6. The first kappa shape index (κ1) is 92.5. The van der Waals surface area contributed by atoms with Gasteiger partial charge in [-0.1, -0.05) is 197 Å². The number of isothiocyanates is 3. The van der Waals surface area contributed by atoms with Crippen molar-refractivity contribution in [1.29, 1.82) is 0 Å². The monoisotopic (exact) mass is 1360 g/mol. The van der Waals surface area contributed by atoms with Crippen LogP contribution in [0.1, 0.15) is 268 Å². The smallest absolute Gasteiger partial charge is 0.753 e. The molecule has 19 heteroatoms. The van der Waals surface area contributed by atoms with Gasteiger partial charge in [-0.3, -0.25) is 9.97 Å². The second kappa shape index (κ2) is 62.9. The number of hydrogen-bond donors (Lipinski definition) is 0. The number of unbranched alkanes of at least 4 members (excludes halogenated alkanes) is 12.